The van der Waals surface area contributed by atoms with Crippen LogP contribution in [0.5, 0.6) is 0 Å². The van der Waals surface area contributed by atoms with E-state index in [1.807, 2.05) is 36.1 Å². The molecule has 5 nitrogen and oxygen atoms in total. The van der Waals surface area contributed by atoms with E-state index in [0.717, 1.165) is 29.8 Å². The molecule has 2 aromatic rings. The molecule has 1 fully saturated rings. The van der Waals surface area contributed by atoms with Crippen LogP contribution in [0.3, 0.4) is 0 Å². The highest BCUT2D eigenvalue weighted by molar-refractivity contribution is 5.74. The van der Waals surface area contributed by atoms with Gasteiger partial charge in [0.05, 0.1) is 5.56 Å². The lowest BCUT2D eigenvalue weighted by Gasteiger charge is -2.23. The zero-order valence-corrected chi connectivity index (χ0v) is 15.7. The maximum Gasteiger partial charge on any atom is 0.417 e. The van der Waals surface area contributed by atoms with Gasteiger partial charge in [-0.1, -0.05) is 29.8 Å². The van der Waals surface area contributed by atoms with Gasteiger partial charge in [0.15, 0.2) is 0 Å². The van der Waals surface area contributed by atoms with Gasteiger partial charge in [-0.15, -0.1) is 0 Å². The van der Waals surface area contributed by atoms with E-state index in [1.165, 1.54) is 6.07 Å². The highest BCUT2D eigenvalue weighted by Crippen LogP contribution is 2.29. The Kier molecular flexibility index (Phi) is 6.06. The second-order valence-corrected chi connectivity index (χ2v) is 6.88. The smallest absolute Gasteiger partial charge is 0.355 e. The molecule has 2 amide bonds. The Labute approximate surface area is 162 Å². The zero-order valence-electron chi connectivity index (χ0n) is 15.7. The number of carbonyl (C=O) groups excluding carboxylic acids is 1. The molecule has 1 aliphatic rings. The molecular formula is C20H23F3N4O. The monoisotopic (exact) mass is 392 g/mol. The molecule has 8 heteroatoms. The van der Waals surface area contributed by atoms with E-state index in [-0.39, 0.29) is 6.03 Å². The third kappa shape index (κ3) is 5.15. The number of nitrogens with one attached hydrogen (secondary N) is 1. The Balaban J connectivity index is 1.54. The molecule has 3 rings (SSSR count). The van der Waals surface area contributed by atoms with Crippen LogP contribution in [0.4, 0.5) is 23.8 Å². The average molecular weight is 392 g/mol. The van der Waals surface area contributed by atoms with Crippen LogP contribution >= 0.6 is 0 Å². The van der Waals surface area contributed by atoms with Crippen molar-refractivity contribution >= 4 is 11.8 Å². The van der Waals surface area contributed by atoms with Crippen LogP contribution in [0.2, 0.25) is 0 Å². The maximum absolute atomic E-state index is 12.7. The van der Waals surface area contributed by atoms with Crippen molar-refractivity contribution < 1.29 is 18.0 Å². The number of hydrogen-bond acceptors (Lipinski definition) is 3. The molecule has 2 heterocycles. The van der Waals surface area contributed by atoms with E-state index < -0.39 is 11.7 Å². The molecule has 1 aromatic heterocycles. The first-order chi connectivity index (χ1) is 13.3. The van der Waals surface area contributed by atoms with Gasteiger partial charge in [0, 0.05) is 38.9 Å². The van der Waals surface area contributed by atoms with Crippen LogP contribution < -0.4 is 10.2 Å². The molecule has 1 N–H and O–H groups in total. The highest BCUT2D eigenvalue weighted by Gasteiger charge is 2.31. The van der Waals surface area contributed by atoms with Crippen LogP contribution in [0.1, 0.15) is 23.1 Å². The molecule has 0 aliphatic carbocycles. The number of nitrogens with zero attached hydrogens (tertiary/aromatic N) is 3. The second kappa shape index (κ2) is 8.50. The van der Waals surface area contributed by atoms with Gasteiger partial charge < -0.3 is 15.1 Å². The number of hydrogen-bond donors (Lipinski definition) is 1. The van der Waals surface area contributed by atoms with Gasteiger partial charge in [-0.05, 0) is 31.0 Å². The number of aromatic nitrogens is 1. The van der Waals surface area contributed by atoms with E-state index in [0.29, 0.717) is 38.5 Å². The zero-order chi connectivity index (χ0) is 20.1. The normalized spacial score (nSPS) is 15.3. The summed E-state index contributed by atoms with van der Waals surface area (Å²) in [5.74, 6) is 0.495. The standard InChI is InChI=1S/C20H23F3N4O/c1-15-4-2-5-16(12-15)13-25-19(28)27-9-3-8-26(10-11-27)18-7-6-17(14-24-18)20(21,22)23/h2,4-7,12,14H,3,8-11,13H2,1H3,(H,25,28). The fourth-order valence-electron chi connectivity index (χ4n) is 3.20. The fourth-order valence-corrected chi connectivity index (χ4v) is 3.20. The molecule has 0 atom stereocenters. The van der Waals surface area contributed by atoms with E-state index in [9.17, 15) is 18.0 Å². The Bertz CT molecular complexity index is 808. The number of pyridine rings is 1. The predicted molar refractivity (Wildman–Crippen MR) is 101 cm³/mol. The van der Waals surface area contributed by atoms with Crippen LogP contribution in [0.15, 0.2) is 42.6 Å². The molecule has 0 unspecified atom stereocenters. The minimum Gasteiger partial charge on any atom is -0.355 e. The van der Waals surface area contributed by atoms with Gasteiger partial charge in [-0.2, -0.15) is 13.2 Å². The molecule has 1 saturated heterocycles. The third-order valence-electron chi connectivity index (χ3n) is 4.71. The Hall–Kier alpha value is -2.77. The van der Waals surface area contributed by atoms with Gasteiger partial charge in [0.1, 0.15) is 5.82 Å². The molecule has 150 valence electrons. The number of carbonyl (C=O) groups is 1. The summed E-state index contributed by atoms with van der Waals surface area (Å²) in [5, 5.41) is 2.93. The first-order valence-corrected chi connectivity index (χ1v) is 9.19. The van der Waals surface area contributed by atoms with E-state index in [1.54, 1.807) is 4.90 Å². The van der Waals surface area contributed by atoms with E-state index >= 15 is 0 Å². The summed E-state index contributed by atoms with van der Waals surface area (Å²) >= 11 is 0. The highest BCUT2D eigenvalue weighted by atomic mass is 19.4. The van der Waals surface area contributed by atoms with Crippen molar-refractivity contribution in [3.05, 3.63) is 59.3 Å². The largest absolute Gasteiger partial charge is 0.417 e. The van der Waals surface area contributed by atoms with Crippen molar-refractivity contribution in [1.82, 2.24) is 15.2 Å². The average Bonchev–Trinajstić information content (AvgIpc) is 2.92. The van der Waals surface area contributed by atoms with Crippen LogP contribution in [0.25, 0.3) is 0 Å². The summed E-state index contributed by atoms with van der Waals surface area (Å²) in [5.41, 5.74) is 1.42. The topological polar surface area (TPSA) is 48.5 Å². The Morgan fingerprint density at radius 2 is 1.96 bits per heavy atom. The predicted octanol–water partition coefficient (Wildman–Crippen LogP) is 3.83. The summed E-state index contributed by atoms with van der Waals surface area (Å²) in [7, 11) is 0. The number of amides is 2. The minimum atomic E-state index is -4.39. The van der Waals surface area contributed by atoms with Crippen molar-refractivity contribution in [2.45, 2.75) is 26.1 Å². The number of aryl methyl sites for hydroxylation is 1. The lowest BCUT2D eigenvalue weighted by atomic mass is 10.1. The number of rotatable bonds is 3. The minimum absolute atomic E-state index is 0.135. The van der Waals surface area contributed by atoms with Crippen molar-refractivity contribution in [3.8, 4) is 0 Å². The quantitative estimate of drug-likeness (QED) is 0.864. The first kappa shape index (κ1) is 20.0. The van der Waals surface area contributed by atoms with E-state index in [2.05, 4.69) is 10.3 Å². The van der Waals surface area contributed by atoms with Crippen molar-refractivity contribution in [3.63, 3.8) is 0 Å². The summed E-state index contributed by atoms with van der Waals surface area (Å²) in [6.45, 7) is 4.71. The lowest BCUT2D eigenvalue weighted by molar-refractivity contribution is -0.137. The second-order valence-electron chi connectivity index (χ2n) is 6.88. The summed E-state index contributed by atoms with van der Waals surface area (Å²) in [6.07, 6.45) is -2.82. The SMILES string of the molecule is Cc1cccc(CNC(=O)N2CCCN(c3ccc(C(F)(F)F)cn3)CC2)c1. The van der Waals surface area contributed by atoms with Gasteiger partial charge in [-0.3, -0.25) is 0 Å². The number of anilines is 1. The van der Waals surface area contributed by atoms with Crippen molar-refractivity contribution in [1.29, 1.82) is 0 Å². The number of alkyl halides is 3. The van der Waals surface area contributed by atoms with Gasteiger partial charge >= 0.3 is 12.2 Å². The van der Waals surface area contributed by atoms with Crippen molar-refractivity contribution in [2.75, 3.05) is 31.1 Å². The Morgan fingerprint density at radius 1 is 1.14 bits per heavy atom. The van der Waals surface area contributed by atoms with Crippen LogP contribution in [-0.4, -0.2) is 42.1 Å². The van der Waals surface area contributed by atoms with Crippen LogP contribution in [-0.2, 0) is 12.7 Å². The molecular weight excluding hydrogens is 369 g/mol. The summed E-state index contributed by atoms with van der Waals surface area (Å²) in [4.78, 5) is 20.1. The summed E-state index contributed by atoms with van der Waals surface area (Å²) < 4.78 is 38.0. The van der Waals surface area contributed by atoms with Gasteiger partial charge in [0.2, 0.25) is 0 Å². The maximum atomic E-state index is 12.7. The molecule has 28 heavy (non-hydrogen) atoms. The molecule has 0 radical (unpaired) electrons. The van der Waals surface area contributed by atoms with Crippen LogP contribution in [0, 0.1) is 6.92 Å². The molecule has 0 saturated carbocycles. The molecule has 0 spiro atoms. The number of halogens is 3. The first-order valence-electron chi connectivity index (χ1n) is 9.19. The molecule has 0 bridgehead atoms. The third-order valence-corrected chi connectivity index (χ3v) is 4.71. The number of benzene rings is 1. The van der Waals surface area contributed by atoms with Gasteiger partial charge in [-0.25, -0.2) is 9.78 Å². The van der Waals surface area contributed by atoms with E-state index in [4.69, 9.17) is 0 Å². The van der Waals surface area contributed by atoms with Gasteiger partial charge in [0.25, 0.3) is 0 Å². The fraction of sp³-hybridized carbons (Fsp3) is 0.400. The lowest BCUT2D eigenvalue weighted by Crippen LogP contribution is -2.41. The number of urea groups is 1. The Morgan fingerprint density at radius 3 is 2.64 bits per heavy atom. The molecule has 1 aliphatic heterocycles. The summed E-state index contributed by atoms with van der Waals surface area (Å²) in [6, 6.07) is 10.2. The van der Waals surface area contributed by atoms with Crippen molar-refractivity contribution in [2.24, 2.45) is 0 Å². The molecule has 1 aromatic carbocycles.